The van der Waals surface area contributed by atoms with Gasteiger partial charge in [0.25, 0.3) is 0 Å². The molecule has 1 aromatic carbocycles. The smallest absolute Gasteiger partial charge is 0.335 e. The van der Waals surface area contributed by atoms with Crippen LogP contribution >= 0.6 is 11.6 Å². The average Bonchev–Trinajstić information content (AvgIpc) is 2.84. The molecule has 1 atom stereocenters. The Morgan fingerprint density at radius 3 is 2.58 bits per heavy atom. The van der Waals surface area contributed by atoms with E-state index in [-0.39, 0.29) is 40.0 Å². The van der Waals surface area contributed by atoms with Gasteiger partial charge in [-0.1, -0.05) is 18.5 Å². The maximum atomic E-state index is 13.0. The molecule has 0 spiro atoms. The van der Waals surface area contributed by atoms with Crippen LogP contribution in [0.1, 0.15) is 30.1 Å². The summed E-state index contributed by atoms with van der Waals surface area (Å²) in [6.07, 6.45) is 0.712. The number of nitrogens with zero attached hydrogens (tertiary/aromatic N) is 1. The van der Waals surface area contributed by atoms with Crippen molar-refractivity contribution in [2.24, 2.45) is 0 Å². The van der Waals surface area contributed by atoms with Crippen LogP contribution in [0.25, 0.3) is 0 Å². The molecule has 2 rings (SSSR count). The van der Waals surface area contributed by atoms with E-state index in [1.54, 1.807) is 6.92 Å². The van der Waals surface area contributed by atoms with Crippen molar-refractivity contribution in [3.63, 3.8) is 0 Å². The summed E-state index contributed by atoms with van der Waals surface area (Å²) in [4.78, 5) is 10.8. The van der Waals surface area contributed by atoms with E-state index < -0.39 is 31.9 Å². The van der Waals surface area contributed by atoms with Crippen LogP contribution in [0.3, 0.4) is 0 Å². The van der Waals surface area contributed by atoms with Gasteiger partial charge in [-0.3, -0.25) is 0 Å². The van der Waals surface area contributed by atoms with E-state index in [2.05, 4.69) is 0 Å². The number of sulfone groups is 1. The van der Waals surface area contributed by atoms with E-state index in [1.165, 1.54) is 12.1 Å². The quantitative estimate of drug-likeness (QED) is 0.783. The zero-order valence-corrected chi connectivity index (χ0v) is 15.4. The molecule has 0 saturated carbocycles. The summed E-state index contributed by atoms with van der Waals surface area (Å²) >= 11 is 5.98. The highest BCUT2D eigenvalue weighted by Gasteiger charge is 2.39. The van der Waals surface area contributed by atoms with Gasteiger partial charge < -0.3 is 5.11 Å². The third kappa shape index (κ3) is 3.90. The third-order valence-electron chi connectivity index (χ3n) is 3.82. The first-order valence-electron chi connectivity index (χ1n) is 7.33. The molecule has 1 heterocycles. The number of aromatic carboxylic acids is 1. The summed E-state index contributed by atoms with van der Waals surface area (Å²) in [6, 6.07) is 2.78. The number of carbonyl (C=O) groups is 1. The van der Waals surface area contributed by atoms with Gasteiger partial charge in [0.2, 0.25) is 10.0 Å². The number of carboxylic acid groups (broad SMARTS) is 1. The van der Waals surface area contributed by atoms with Gasteiger partial charge in [-0.05, 0) is 31.0 Å². The Kier molecular flexibility index (Phi) is 5.58. The lowest BCUT2D eigenvalue weighted by Crippen LogP contribution is -2.41. The van der Waals surface area contributed by atoms with Crippen LogP contribution in [0.15, 0.2) is 23.1 Å². The summed E-state index contributed by atoms with van der Waals surface area (Å²) in [5.74, 6) is -1.56. The van der Waals surface area contributed by atoms with Crippen molar-refractivity contribution in [2.75, 3.05) is 18.1 Å². The topological polar surface area (TPSA) is 109 Å². The van der Waals surface area contributed by atoms with E-state index >= 15 is 0 Å². The molecule has 24 heavy (non-hydrogen) atoms. The minimum Gasteiger partial charge on any atom is -0.478 e. The Bertz CT molecular complexity index is 850. The summed E-state index contributed by atoms with van der Waals surface area (Å²) in [5.41, 5.74) is -0.200. The lowest BCUT2D eigenvalue weighted by molar-refractivity contribution is 0.0696. The van der Waals surface area contributed by atoms with Gasteiger partial charge in [-0.15, -0.1) is 0 Å². The van der Waals surface area contributed by atoms with E-state index in [1.807, 2.05) is 0 Å². The highest BCUT2D eigenvalue weighted by molar-refractivity contribution is 7.92. The first-order chi connectivity index (χ1) is 11.1. The zero-order valence-electron chi connectivity index (χ0n) is 13.0. The van der Waals surface area contributed by atoms with Crippen molar-refractivity contribution in [3.05, 3.63) is 28.8 Å². The first kappa shape index (κ1) is 19.2. The van der Waals surface area contributed by atoms with Crippen LogP contribution in [0.2, 0.25) is 5.02 Å². The van der Waals surface area contributed by atoms with E-state index in [0.29, 0.717) is 6.42 Å². The minimum absolute atomic E-state index is 0.0592. The number of rotatable bonds is 6. The monoisotopic (exact) mass is 395 g/mol. The van der Waals surface area contributed by atoms with Crippen molar-refractivity contribution >= 4 is 37.4 Å². The molecule has 134 valence electrons. The Hall–Kier alpha value is -1.16. The Morgan fingerprint density at radius 2 is 2.08 bits per heavy atom. The lowest BCUT2D eigenvalue weighted by atomic mass is 10.2. The maximum Gasteiger partial charge on any atom is 0.335 e. The molecule has 0 amide bonds. The molecule has 0 radical (unpaired) electrons. The molecule has 0 aliphatic carbocycles. The van der Waals surface area contributed by atoms with Crippen LogP contribution < -0.4 is 0 Å². The number of hydrogen-bond donors (Lipinski definition) is 1. The lowest BCUT2D eigenvalue weighted by Gasteiger charge is -2.27. The summed E-state index contributed by atoms with van der Waals surface area (Å²) in [5, 5.41) is 8.96. The fraction of sp³-hybridized carbons (Fsp3) is 0.500. The van der Waals surface area contributed by atoms with Crippen molar-refractivity contribution in [1.29, 1.82) is 0 Å². The van der Waals surface area contributed by atoms with Crippen molar-refractivity contribution < 1.29 is 26.7 Å². The summed E-state index contributed by atoms with van der Waals surface area (Å²) in [6.45, 7) is 1.91. The number of halogens is 1. The van der Waals surface area contributed by atoms with Crippen LogP contribution in [-0.4, -0.2) is 56.3 Å². The Labute approximate surface area is 146 Å². The third-order valence-corrected chi connectivity index (χ3v) is 8.01. The molecule has 0 bridgehead atoms. The van der Waals surface area contributed by atoms with Crippen LogP contribution in [-0.2, 0) is 19.9 Å². The highest BCUT2D eigenvalue weighted by Crippen LogP contribution is 2.30. The Morgan fingerprint density at radius 1 is 1.42 bits per heavy atom. The molecule has 1 aromatic rings. The molecule has 1 aliphatic rings. The average molecular weight is 396 g/mol. The van der Waals surface area contributed by atoms with Crippen molar-refractivity contribution in [2.45, 2.75) is 30.7 Å². The van der Waals surface area contributed by atoms with Crippen LogP contribution in [0, 0.1) is 0 Å². The normalized spacial score (nSPS) is 20.4. The van der Waals surface area contributed by atoms with E-state index in [0.717, 1.165) is 10.4 Å². The Balaban J connectivity index is 2.49. The van der Waals surface area contributed by atoms with Gasteiger partial charge in [0.1, 0.15) is 4.90 Å². The van der Waals surface area contributed by atoms with Gasteiger partial charge in [0.15, 0.2) is 9.84 Å². The molecule has 0 unspecified atom stereocenters. The predicted molar refractivity (Wildman–Crippen MR) is 89.7 cm³/mol. The minimum atomic E-state index is -4.11. The molecule has 1 aliphatic heterocycles. The molecule has 1 N–H and O–H groups in total. The predicted octanol–water partition coefficient (Wildman–Crippen LogP) is 1.63. The van der Waals surface area contributed by atoms with Gasteiger partial charge >= 0.3 is 5.97 Å². The summed E-state index contributed by atoms with van der Waals surface area (Å²) in [7, 11) is -7.38. The molecule has 10 heteroatoms. The second kappa shape index (κ2) is 6.99. The molecule has 0 aromatic heterocycles. The molecule has 1 fully saturated rings. The SMILES string of the molecule is CCCN([C@@H]1CCS(=O)(=O)C1)S(=O)(=O)c1cc(C(=O)O)ccc1Cl. The van der Waals surface area contributed by atoms with Crippen molar-refractivity contribution in [1.82, 2.24) is 4.31 Å². The number of carboxylic acids is 1. The molecule has 7 nitrogen and oxygen atoms in total. The molecule has 1 saturated heterocycles. The van der Waals surface area contributed by atoms with Gasteiger partial charge in [-0.2, -0.15) is 4.31 Å². The fourth-order valence-corrected chi connectivity index (χ4v) is 6.76. The standard InChI is InChI=1S/C14H18ClNO6S2/c1-2-6-16(11-5-7-23(19,20)9-11)24(21,22)13-8-10(14(17)18)3-4-12(13)15/h3-4,8,11H,2,5-7,9H2,1H3,(H,17,18)/t11-/m1/s1. The van der Waals surface area contributed by atoms with Crippen molar-refractivity contribution in [3.8, 4) is 0 Å². The zero-order chi connectivity index (χ0) is 18.1. The maximum absolute atomic E-state index is 13.0. The van der Waals surface area contributed by atoms with Gasteiger partial charge in [0, 0.05) is 12.6 Å². The first-order valence-corrected chi connectivity index (χ1v) is 11.0. The second-order valence-corrected chi connectivity index (χ2v) is 10.1. The largest absolute Gasteiger partial charge is 0.478 e. The van der Waals surface area contributed by atoms with Crippen LogP contribution in [0.4, 0.5) is 0 Å². The summed E-state index contributed by atoms with van der Waals surface area (Å²) < 4.78 is 50.5. The number of hydrogen-bond acceptors (Lipinski definition) is 5. The second-order valence-electron chi connectivity index (χ2n) is 5.62. The molecular weight excluding hydrogens is 378 g/mol. The van der Waals surface area contributed by atoms with Gasteiger partial charge in [0.05, 0.1) is 22.1 Å². The number of benzene rings is 1. The molecular formula is C14H18ClNO6S2. The van der Waals surface area contributed by atoms with E-state index in [4.69, 9.17) is 16.7 Å². The van der Waals surface area contributed by atoms with E-state index in [9.17, 15) is 21.6 Å². The highest BCUT2D eigenvalue weighted by atomic mass is 35.5. The van der Waals surface area contributed by atoms with Crippen LogP contribution in [0.5, 0.6) is 0 Å². The van der Waals surface area contributed by atoms with Gasteiger partial charge in [-0.25, -0.2) is 21.6 Å². The fourth-order valence-electron chi connectivity index (χ4n) is 2.68. The number of sulfonamides is 1.